The van der Waals surface area contributed by atoms with E-state index < -0.39 is 6.04 Å². The van der Waals surface area contributed by atoms with Crippen molar-refractivity contribution in [2.24, 2.45) is 5.92 Å². The molecule has 4 aliphatic rings. The third kappa shape index (κ3) is 3.28. The minimum Gasteiger partial charge on any atom is -0.445 e. The molecule has 2 bridgehead atoms. The fraction of sp³-hybridized carbons (Fsp3) is 0.435. The highest BCUT2D eigenvalue weighted by Gasteiger charge is 2.39. The molecule has 0 amide bonds. The Morgan fingerprint density at radius 2 is 1.74 bits per heavy atom. The highest BCUT2D eigenvalue weighted by atomic mass is 16.6. The van der Waals surface area contributed by atoms with Crippen LogP contribution in [0.25, 0.3) is 0 Å². The van der Waals surface area contributed by atoms with Crippen molar-refractivity contribution in [3.05, 3.63) is 71.3 Å². The van der Waals surface area contributed by atoms with Crippen molar-refractivity contribution in [2.75, 3.05) is 13.1 Å². The van der Waals surface area contributed by atoms with E-state index in [1.54, 1.807) is 0 Å². The number of ether oxygens (including phenoxy) is 1. The molecule has 27 heavy (non-hydrogen) atoms. The van der Waals surface area contributed by atoms with Crippen molar-refractivity contribution in [1.29, 1.82) is 0 Å². The van der Waals surface area contributed by atoms with Crippen LogP contribution in [0.4, 0.5) is 0 Å². The molecule has 1 N–H and O–H groups in total. The molecule has 4 nitrogen and oxygen atoms in total. The van der Waals surface area contributed by atoms with Gasteiger partial charge in [-0.1, -0.05) is 54.6 Å². The zero-order valence-corrected chi connectivity index (χ0v) is 15.5. The first-order chi connectivity index (χ1) is 13.3. The van der Waals surface area contributed by atoms with Gasteiger partial charge in [-0.15, -0.1) is 0 Å². The SMILES string of the molecule is O=C(OC1CC2CCN1CC2)C1NC(c2ccccc2)Cc2ccccc21. The maximum Gasteiger partial charge on any atom is 0.329 e. The summed E-state index contributed by atoms with van der Waals surface area (Å²) >= 11 is 0. The standard InChI is InChI=1S/C23H26N2O2/c26-23(27-21-14-16-10-12-25(21)13-11-16)22-19-9-5-4-8-18(19)15-20(24-22)17-6-2-1-3-7-17/h1-9,16,20-22,24H,10-15H2. The minimum absolute atomic E-state index is 0.0453. The van der Waals surface area contributed by atoms with E-state index in [0.29, 0.717) is 0 Å². The average molecular weight is 362 g/mol. The molecule has 140 valence electrons. The van der Waals surface area contributed by atoms with E-state index in [2.05, 4.69) is 52.7 Å². The fourth-order valence-corrected chi connectivity index (χ4v) is 4.90. The molecule has 4 heterocycles. The van der Waals surface area contributed by atoms with Gasteiger partial charge in [0.2, 0.25) is 0 Å². The van der Waals surface area contributed by atoms with Gasteiger partial charge in [0.15, 0.2) is 6.23 Å². The van der Waals surface area contributed by atoms with Crippen molar-refractivity contribution < 1.29 is 9.53 Å². The van der Waals surface area contributed by atoms with Gasteiger partial charge in [0.05, 0.1) is 0 Å². The Balaban J connectivity index is 1.39. The summed E-state index contributed by atoms with van der Waals surface area (Å²) in [5, 5.41) is 3.57. The van der Waals surface area contributed by atoms with Gasteiger partial charge < -0.3 is 4.74 Å². The van der Waals surface area contributed by atoms with Crippen molar-refractivity contribution >= 4 is 5.97 Å². The van der Waals surface area contributed by atoms with Gasteiger partial charge in [0.1, 0.15) is 6.04 Å². The molecule has 3 saturated heterocycles. The summed E-state index contributed by atoms with van der Waals surface area (Å²) in [5.41, 5.74) is 3.51. The van der Waals surface area contributed by atoms with Crippen LogP contribution >= 0.6 is 0 Å². The number of fused-ring (bicyclic) bond motifs is 4. The van der Waals surface area contributed by atoms with Gasteiger partial charge in [-0.25, -0.2) is 4.79 Å². The number of carbonyl (C=O) groups excluding carboxylic acids is 1. The van der Waals surface area contributed by atoms with Crippen molar-refractivity contribution in [3.63, 3.8) is 0 Å². The molecule has 4 heteroatoms. The van der Waals surface area contributed by atoms with Crippen molar-refractivity contribution in [1.82, 2.24) is 10.2 Å². The van der Waals surface area contributed by atoms with Gasteiger partial charge >= 0.3 is 5.97 Å². The van der Waals surface area contributed by atoms with Crippen LogP contribution in [-0.4, -0.2) is 30.2 Å². The third-order valence-electron chi connectivity index (χ3n) is 6.44. The molecule has 3 fully saturated rings. The van der Waals surface area contributed by atoms with E-state index in [0.717, 1.165) is 37.4 Å². The molecule has 0 saturated carbocycles. The predicted octanol–water partition coefficient (Wildman–Crippen LogP) is 3.60. The van der Waals surface area contributed by atoms with Crippen molar-refractivity contribution in [3.8, 4) is 0 Å². The van der Waals surface area contributed by atoms with E-state index in [1.165, 1.54) is 24.0 Å². The average Bonchev–Trinajstić information content (AvgIpc) is 2.74. The largest absolute Gasteiger partial charge is 0.445 e. The first-order valence-corrected chi connectivity index (χ1v) is 10.1. The molecule has 4 aliphatic heterocycles. The molecule has 2 aromatic carbocycles. The normalized spacial score (nSPS) is 31.9. The molecular weight excluding hydrogens is 336 g/mol. The van der Waals surface area contributed by atoms with Crippen molar-refractivity contribution in [2.45, 2.75) is 44.0 Å². The maximum atomic E-state index is 13.2. The fourth-order valence-electron chi connectivity index (χ4n) is 4.90. The summed E-state index contributed by atoms with van der Waals surface area (Å²) < 4.78 is 6.03. The number of esters is 1. The van der Waals surface area contributed by atoms with Crippen LogP contribution in [-0.2, 0) is 16.0 Å². The lowest BCUT2D eigenvalue weighted by molar-refractivity contribution is -0.173. The van der Waals surface area contributed by atoms with Gasteiger partial charge in [0, 0.05) is 25.6 Å². The minimum atomic E-state index is -0.401. The Bertz CT molecular complexity index is 814. The Labute approximate surface area is 160 Å². The van der Waals surface area contributed by atoms with Crippen LogP contribution in [0.3, 0.4) is 0 Å². The lowest BCUT2D eigenvalue weighted by Gasteiger charge is -2.45. The second-order valence-electron chi connectivity index (χ2n) is 8.07. The summed E-state index contributed by atoms with van der Waals surface area (Å²) in [5.74, 6) is 0.581. The molecular formula is C23H26N2O2. The van der Waals surface area contributed by atoms with E-state index in [-0.39, 0.29) is 18.2 Å². The number of rotatable bonds is 3. The molecule has 3 atom stereocenters. The number of hydrogen-bond donors (Lipinski definition) is 1. The summed E-state index contributed by atoms with van der Waals surface area (Å²) in [6.07, 6.45) is 4.32. The van der Waals surface area contributed by atoms with Gasteiger partial charge in [0.25, 0.3) is 0 Å². The molecule has 0 radical (unpaired) electrons. The number of nitrogens with one attached hydrogen (secondary N) is 1. The van der Waals surface area contributed by atoms with E-state index in [4.69, 9.17) is 4.74 Å². The monoisotopic (exact) mass is 362 g/mol. The quantitative estimate of drug-likeness (QED) is 0.847. The summed E-state index contributed by atoms with van der Waals surface area (Å²) in [7, 11) is 0. The number of hydrogen-bond acceptors (Lipinski definition) is 4. The molecule has 0 aliphatic carbocycles. The summed E-state index contributed by atoms with van der Waals surface area (Å²) in [6, 6.07) is 18.4. The summed E-state index contributed by atoms with van der Waals surface area (Å²) in [4.78, 5) is 15.5. The molecule has 3 unspecified atom stereocenters. The van der Waals surface area contributed by atoms with Crippen LogP contribution in [0.5, 0.6) is 0 Å². The van der Waals surface area contributed by atoms with Crippen LogP contribution in [0.1, 0.15) is 48.0 Å². The Kier molecular flexibility index (Phi) is 4.46. The van der Waals surface area contributed by atoms with E-state index >= 15 is 0 Å². The molecule has 2 aromatic rings. The Morgan fingerprint density at radius 3 is 2.48 bits per heavy atom. The maximum absolute atomic E-state index is 13.2. The first-order valence-electron chi connectivity index (χ1n) is 10.1. The third-order valence-corrected chi connectivity index (χ3v) is 6.44. The topological polar surface area (TPSA) is 41.6 Å². The lowest BCUT2D eigenvalue weighted by Crippen LogP contribution is -2.51. The van der Waals surface area contributed by atoms with Crippen LogP contribution < -0.4 is 5.32 Å². The molecule has 0 aromatic heterocycles. The number of benzene rings is 2. The molecule has 0 spiro atoms. The molecule has 6 rings (SSSR count). The lowest BCUT2D eigenvalue weighted by atomic mass is 9.86. The zero-order chi connectivity index (χ0) is 18.2. The van der Waals surface area contributed by atoms with Gasteiger partial charge in [-0.2, -0.15) is 0 Å². The Morgan fingerprint density at radius 1 is 1.00 bits per heavy atom. The number of nitrogens with zero attached hydrogens (tertiary/aromatic N) is 1. The zero-order valence-electron chi connectivity index (χ0n) is 15.5. The number of piperidine rings is 3. The number of carbonyl (C=O) groups is 1. The van der Waals surface area contributed by atoms with Crippen LogP contribution in [0.2, 0.25) is 0 Å². The predicted molar refractivity (Wildman–Crippen MR) is 104 cm³/mol. The second kappa shape index (κ2) is 7.10. The van der Waals surface area contributed by atoms with E-state index in [9.17, 15) is 4.79 Å². The Hall–Kier alpha value is -2.17. The van der Waals surface area contributed by atoms with Gasteiger partial charge in [-0.05, 0) is 41.9 Å². The highest BCUT2D eigenvalue weighted by molar-refractivity contribution is 5.79. The first kappa shape index (κ1) is 17.0. The van der Waals surface area contributed by atoms with Gasteiger partial charge in [-0.3, -0.25) is 10.2 Å². The van der Waals surface area contributed by atoms with E-state index in [1.807, 2.05) is 12.1 Å². The van der Waals surface area contributed by atoms with Crippen LogP contribution in [0.15, 0.2) is 54.6 Å². The highest BCUT2D eigenvalue weighted by Crippen LogP contribution is 2.36. The second-order valence-corrected chi connectivity index (χ2v) is 8.07. The smallest absolute Gasteiger partial charge is 0.329 e. The van der Waals surface area contributed by atoms with Crippen LogP contribution in [0, 0.1) is 5.92 Å². The summed E-state index contributed by atoms with van der Waals surface area (Å²) in [6.45, 7) is 2.12.